The van der Waals surface area contributed by atoms with Gasteiger partial charge in [-0.2, -0.15) is 0 Å². The van der Waals surface area contributed by atoms with Gasteiger partial charge < -0.3 is 9.47 Å². The number of hydrogen-bond donors (Lipinski definition) is 0. The minimum absolute atomic E-state index is 0.427. The van der Waals surface area contributed by atoms with Gasteiger partial charge in [0, 0.05) is 23.2 Å². The van der Waals surface area contributed by atoms with E-state index in [1.165, 1.54) is 0 Å². The number of aromatic nitrogens is 2. The molecule has 0 fully saturated rings. The van der Waals surface area contributed by atoms with Gasteiger partial charge in [-0.05, 0) is 17.7 Å². The zero-order valence-corrected chi connectivity index (χ0v) is 13.4. The van der Waals surface area contributed by atoms with Crippen LogP contribution >= 0.6 is 23.2 Å². The molecule has 1 aromatic heterocycles. The first kappa shape index (κ1) is 14.9. The number of halogens is 2. The Morgan fingerprint density at radius 2 is 1.68 bits per heavy atom. The normalized spacial score (nSPS) is 10.7. The molecule has 4 nitrogen and oxygen atoms in total. The molecule has 2 aromatic carbocycles. The summed E-state index contributed by atoms with van der Waals surface area (Å²) in [7, 11) is 3.09. The van der Waals surface area contributed by atoms with Gasteiger partial charge in [-0.15, -0.1) is 0 Å². The van der Waals surface area contributed by atoms with Crippen molar-refractivity contribution >= 4 is 34.1 Å². The number of methoxy groups -OCH3 is 2. The number of ether oxygens (including phenoxy) is 2. The van der Waals surface area contributed by atoms with Crippen molar-refractivity contribution in [1.82, 2.24) is 9.97 Å². The summed E-state index contributed by atoms with van der Waals surface area (Å²) in [6, 6.07) is 7.32. The minimum Gasteiger partial charge on any atom is -0.495 e. The highest BCUT2D eigenvalue weighted by Gasteiger charge is 2.18. The molecular formula is C16H11Cl2N2O2. The van der Waals surface area contributed by atoms with Crippen molar-refractivity contribution in [2.45, 2.75) is 0 Å². The smallest absolute Gasteiger partial charge is 0.198 e. The zero-order valence-electron chi connectivity index (χ0n) is 11.9. The standard InChI is InChI=1S/C16H11Cl2N2O2/c1-21-12-6-13(22-2)16(18)14(15(12)17)9-3-4-11-10(5-9)7-19-8-20-11/h3-7H,1-2H3. The second-order valence-electron chi connectivity index (χ2n) is 4.53. The Morgan fingerprint density at radius 1 is 1.00 bits per heavy atom. The third-order valence-electron chi connectivity index (χ3n) is 3.32. The van der Waals surface area contributed by atoms with Crippen LogP contribution < -0.4 is 9.47 Å². The fourth-order valence-electron chi connectivity index (χ4n) is 2.24. The van der Waals surface area contributed by atoms with Crippen molar-refractivity contribution in [2.24, 2.45) is 0 Å². The average Bonchev–Trinajstić information content (AvgIpc) is 2.55. The Kier molecular flexibility index (Phi) is 4.05. The molecule has 1 heterocycles. The maximum absolute atomic E-state index is 6.43. The molecule has 22 heavy (non-hydrogen) atoms. The number of nitrogens with zero attached hydrogens (tertiary/aromatic N) is 2. The van der Waals surface area contributed by atoms with E-state index in [-0.39, 0.29) is 0 Å². The van der Waals surface area contributed by atoms with Crippen LogP contribution in [0.15, 0.2) is 30.5 Å². The van der Waals surface area contributed by atoms with Gasteiger partial charge in [0.1, 0.15) is 11.5 Å². The molecule has 6 heteroatoms. The van der Waals surface area contributed by atoms with Gasteiger partial charge in [0.2, 0.25) is 0 Å². The first-order valence-electron chi connectivity index (χ1n) is 6.39. The Hall–Kier alpha value is -2.04. The molecule has 1 radical (unpaired) electrons. The lowest BCUT2D eigenvalue weighted by Gasteiger charge is -2.15. The van der Waals surface area contributed by atoms with E-state index in [1.54, 1.807) is 26.5 Å². The molecule has 0 spiro atoms. The van der Waals surface area contributed by atoms with E-state index in [0.29, 0.717) is 27.1 Å². The van der Waals surface area contributed by atoms with Crippen LogP contribution in [-0.4, -0.2) is 24.2 Å². The van der Waals surface area contributed by atoms with Gasteiger partial charge in [0.05, 0.1) is 29.8 Å². The second kappa shape index (κ2) is 5.99. The number of benzene rings is 2. The Balaban J connectivity index is 2.28. The summed E-state index contributed by atoms with van der Waals surface area (Å²) in [6.45, 7) is 0. The van der Waals surface area contributed by atoms with Crippen molar-refractivity contribution in [3.05, 3.63) is 46.8 Å². The molecule has 0 atom stereocenters. The van der Waals surface area contributed by atoms with E-state index >= 15 is 0 Å². The molecule has 0 aliphatic heterocycles. The SMILES string of the molecule is COc1cc(OC)c(Cl)c(-c2ccc3n[c]ncc3c2)c1Cl. The third-order valence-corrected chi connectivity index (χ3v) is 4.07. The molecule has 0 amide bonds. The molecule has 0 unspecified atom stereocenters. The fraction of sp³-hybridized carbons (Fsp3) is 0.125. The van der Waals surface area contributed by atoms with E-state index in [9.17, 15) is 0 Å². The van der Waals surface area contributed by atoms with Crippen LogP contribution in [0.4, 0.5) is 0 Å². The predicted molar refractivity (Wildman–Crippen MR) is 86.9 cm³/mol. The van der Waals surface area contributed by atoms with Crippen molar-refractivity contribution in [3.8, 4) is 22.6 Å². The molecule has 111 valence electrons. The third kappa shape index (κ3) is 2.45. The lowest BCUT2D eigenvalue weighted by molar-refractivity contribution is 0.395. The van der Waals surface area contributed by atoms with Crippen molar-refractivity contribution < 1.29 is 9.47 Å². The van der Waals surface area contributed by atoms with Crippen LogP contribution in [0.5, 0.6) is 11.5 Å². The summed E-state index contributed by atoms with van der Waals surface area (Å²) in [4.78, 5) is 7.99. The number of rotatable bonds is 3. The highest BCUT2D eigenvalue weighted by molar-refractivity contribution is 6.41. The maximum atomic E-state index is 6.43. The highest BCUT2D eigenvalue weighted by atomic mass is 35.5. The van der Waals surface area contributed by atoms with E-state index < -0.39 is 0 Å². The van der Waals surface area contributed by atoms with Gasteiger partial charge >= 0.3 is 0 Å². The monoisotopic (exact) mass is 333 g/mol. The maximum Gasteiger partial charge on any atom is 0.198 e. The summed E-state index contributed by atoms with van der Waals surface area (Å²) < 4.78 is 10.6. The summed E-state index contributed by atoms with van der Waals surface area (Å²) in [5.74, 6) is 0.992. The zero-order chi connectivity index (χ0) is 15.7. The fourth-order valence-corrected chi connectivity index (χ4v) is 2.95. The van der Waals surface area contributed by atoms with Gasteiger partial charge in [-0.25, -0.2) is 9.97 Å². The van der Waals surface area contributed by atoms with Crippen LogP contribution in [-0.2, 0) is 0 Å². The number of fused-ring (bicyclic) bond motifs is 1. The molecule has 0 N–H and O–H groups in total. The summed E-state index contributed by atoms with van der Waals surface area (Å²) in [5.41, 5.74) is 2.27. The molecule has 0 bridgehead atoms. The van der Waals surface area contributed by atoms with Crippen molar-refractivity contribution in [2.75, 3.05) is 14.2 Å². The number of hydrogen-bond acceptors (Lipinski definition) is 4. The van der Waals surface area contributed by atoms with Gasteiger partial charge in [-0.1, -0.05) is 29.3 Å². The molecule has 3 rings (SSSR count). The van der Waals surface area contributed by atoms with Gasteiger partial charge in [0.25, 0.3) is 0 Å². The summed E-state index contributed by atoms with van der Waals surface area (Å²) in [6.07, 6.45) is 4.25. The molecule has 0 aliphatic carbocycles. The lowest BCUT2D eigenvalue weighted by Crippen LogP contribution is -1.93. The van der Waals surface area contributed by atoms with Gasteiger partial charge in [-0.3, -0.25) is 0 Å². The van der Waals surface area contributed by atoms with Gasteiger partial charge in [0.15, 0.2) is 6.33 Å². The molecular weight excluding hydrogens is 323 g/mol. The summed E-state index contributed by atoms with van der Waals surface area (Å²) >= 11 is 12.9. The summed E-state index contributed by atoms with van der Waals surface area (Å²) in [5, 5.41) is 1.72. The Bertz CT molecular complexity index is 825. The minimum atomic E-state index is 0.427. The molecule has 0 saturated heterocycles. The molecule has 0 aliphatic rings. The molecule has 0 saturated carbocycles. The van der Waals surface area contributed by atoms with Crippen LogP contribution in [0, 0.1) is 6.33 Å². The predicted octanol–water partition coefficient (Wildman–Crippen LogP) is 4.42. The quantitative estimate of drug-likeness (QED) is 0.711. The first-order valence-corrected chi connectivity index (χ1v) is 7.14. The van der Waals surface area contributed by atoms with Crippen molar-refractivity contribution in [3.63, 3.8) is 0 Å². The Morgan fingerprint density at radius 3 is 2.32 bits per heavy atom. The van der Waals surface area contributed by atoms with Crippen LogP contribution in [0.2, 0.25) is 10.0 Å². The van der Waals surface area contributed by atoms with Crippen molar-refractivity contribution in [1.29, 1.82) is 0 Å². The second-order valence-corrected chi connectivity index (χ2v) is 5.28. The van der Waals surface area contributed by atoms with E-state index in [2.05, 4.69) is 16.3 Å². The van der Waals surface area contributed by atoms with E-state index in [1.807, 2.05) is 18.2 Å². The lowest BCUT2D eigenvalue weighted by atomic mass is 10.0. The Labute approximate surface area is 137 Å². The van der Waals surface area contributed by atoms with E-state index in [4.69, 9.17) is 32.7 Å². The highest BCUT2D eigenvalue weighted by Crippen LogP contribution is 2.46. The van der Waals surface area contributed by atoms with Crippen LogP contribution in [0.3, 0.4) is 0 Å². The van der Waals surface area contributed by atoms with Crippen LogP contribution in [0.25, 0.3) is 22.0 Å². The topological polar surface area (TPSA) is 44.2 Å². The molecule has 3 aromatic rings. The van der Waals surface area contributed by atoms with E-state index in [0.717, 1.165) is 16.5 Å². The first-order chi connectivity index (χ1) is 10.7. The largest absolute Gasteiger partial charge is 0.495 e. The van der Waals surface area contributed by atoms with Crippen LogP contribution in [0.1, 0.15) is 0 Å². The average molecular weight is 334 g/mol.